The smallest absolute Gasteiger partial charge is 0.254 e. The first kappa shape index (κ1) is 23.3. The number of benzene rings is 1. The van der Waals surface area contributed by atoms with E-state index in [-0.39, 0.29) is 12.0 Å². The number of amides is 1. The monoisotopic (exact) mass is 473 g/mol. The molecule has 1 unspecified atom stereocenters. The Hall–Kier alpha value is -3.49. The van der Waals surface area contributed by atoms with Crippen LogP contribution in [0.1, 0.15) is 27.7 Å². The van der Waals surface area contributed by atoms with Crippen molar-refractivity contribution in [3.63, 3.8) is 0 Å². The van der Waals surface area contributed by atoms with Crippen molar-refractivity contribution in [1.82, 2.24) is 19.8 Å². The minimum Gasteiger partial charge on any atom is -0.439 e. The molecule has 8 heteroatoms. The molecule has 0 aliphatic carbocycles. The normalized spacial score (nSPS) is 19.0. The summed E-state index contributed by atoms with van der Waals surface area (Å²) in [6.07, 6.45) is 1.42. The third-order valence-corrected chi connectivity index (χ3v) is 6.49. The second kappa shape index (κ2) is 10.4. The molecular weight excluding hydrogens is 442 g/mol. The first-order valence-electron chi connectivity index (χ1n) is 12.1. The van der Waals surface area contributed by atoms with Crippen LogP contribution in [0.2, 0.25) is 0 Å². The molecule has 1 aromatic carbocycles. The van der Waals surface area contributed by atoms with Crippen molar-refractivity contribution in [2.45, 2.75) is 13.0 Å². The number of anilines is 1. The van der Waals surface area contributed by atoms with Crippen molar-refractivity contribution >= 4 is 11.7 Å². The van der Waals surface area contributed by atoms with Crippen LogP contribution < -0.4 is 9.64 Å². The van der Waals surface area contributed by atoms with E-state index in [2.05, 4.69) is 26.8 Å². The van der Waals surface area contributed by atoms with Gasteiger partial charge in [0.2, 0.25) is 5.88 Å². The van der Waals surface area contributed by atoms with Gasteiger partial charge in [-0.3, -0.25) is 4.79 Å². The van der Waals surface area contributed by atoms with Crippen LogP contribution >= 0.6 is 0 Å². The summed E-state index contributed by atoms with van der Waals surface area (Å²) in [7, 11) is 2.12. The topological polar surface area (TPSA) is 71.0 Å². The van der Waals surface area contributed by atoms with E-state index in [0.29, 0.717) is 31.1 Å². The minimum atomic E-state index is -0.312. The van der Waals surface area contributed by atoms with Crippen LogP contribution in [0.25, 0.3) is 0 Å². The summed E-state index contributed by atoms with van der Waals surface area (Å²) < 4.78 is 11.9. The number of morpholine rings is 1. The first-order chi connectivity index (χ1) is 17.0. The van der Waals surface area contributed by atoms with E-state index < -0.39 is 0 Å². The number of piperazine rings is 1. The van der Waals surface area contributed by atoms with Crippen molar-refractivity contribution < 1.29 is 14.3 Å². The van der Waals surface area contributed by atoms with Gasteiger partial charge in [-0.05, 0) is 44.3 Å². The van der Waals surface area contributed by atoms with Gasteiger partial charge in [0.25, 0.3) is 5.91 Å². The lowest BCUT2D eigenvalue weighted by Gasteiger charge is -2.34. The van der Waals surface area contributed by atoms with Gasteiger partial charge in [0.1, 0.15) is 17.7 Å². The highest BCUT2D eigenvalue weighted by Crippen LogP contribution is 2.26. The van der Waals surface area contributed by atoms with Crippen molar-refractivity contribution in [2.24, 2.45) is 0 Å². The van der Waals surface area contributed by atoms with Gasteiger partial charge in [-0.1, -0.05) is 23.8 Å². The predicted molar refractivity (Wildman–Crippen MR) is 134 cm³/mol. The highest BCUT2D eigenvalue weighted by molar-refractivity contribution is 5.95. The SMILES string of the molecule is Cc1ccc(Oc2cccc(C3CN(C(=O)c4ccnc(N5CCN(C)CC5)c4)CCO3)n2)cc1. The highest BCUT2D eigenvalue weighted by atomic mass is 16.5. The Balaban J connectivity index is 1.26. The minimum absolute atomic E-state index is 0.0110. The number of carbonyl (C=O) groups is 1. The van der Waals surface area contributed by atoms with Crippen LogP contribution in [-0.2, 0) is 4.74 Å². The number of pyridine rings is 2. The maximum absolute atomic E-state index is 13.4. The summed E-state index contributed by atoms with van der Waals surface area (Å²) in [4.78, 5) is 28.9. The van der Waals surface area contributed by atoms with Crippen molar-refractivity contribution in [2.75, 3.05) is 57.8 Å². The van der Waals surface area contributed by atoms with E-state index in [4.69, 9.17) is 9.47 Å². The third-order valence-electron chi connectivity index (χ3n) is 6.49. The molecule has 5 rings (SSSR count). The summed E-state index contributed by atoms with van der Waals surface area (Å²) in [6.45, 7) is 7.27. The van der Waals surface area contributed by atoms with E-state index >= 15 is 0 Å². The summed E-state index contributed by atoms with van der Waals surface area (Å²) in [5, 5.41) is 0. The Bertz CT molecular complexity index is 1160. The number of nitrogens with zero attached hydrogens (tertiary/aromatic N) is 5. The van der Waals surface area contributed by atoms with Gasteiger partial charge >= 0.3 is 0 Å². The Morgan fingerprint density at radius 3 is 2.63 bits per heavy atom. The van der Waals surface area contributed by atoms with Crippen LogP contribution in [0.4, 0.5) is 5.82 Å². The van der Waals surface area contributed by atoms with Crippen LogP contribution in [0, 0.1) is 6.92 Å². The molecule has 0 bridgehead atoms. The number of aromatic nitrogens is 2. The molecule has 4 heterocycles. The summed E-state index contributed by atoms with van der Waals surface area (Å²) in [5.41, 5.74) is 2.57. The number of ether oxygens (including phenoxy) is 2. The molecule has 1 amide bonds. The zero-order chi connectivity index (χ0) is 24.2. The van der Waals surface area contributed by atoms with Gasteiger partial charge in [-0.15, -0.1) is 0 Å². The third kappa shape index (κ3) is 5.61. The van der Waals surface area contributed by atoms with Crippen LogP contribution in [0.5, 0.6) is 11.6 Å². The summed E-state index contributed by atoms with van der Waals surface area (Å²) in [6, 6.07) is 17.2. The second-order valence-corrected chi connectivity index (χ2v) is 9.12. The zero-order valence-corrected chi connectivity index (χ0v) is 20.3. The molecule has 2 saturated heterocycles. The molecule has 2 aromatic heterocycles. The lowest BCUT2D eigenvalue weighted by Crippen LogP contribution is -2.45. The van der Waals surface area contributed by atoms with Gasteiger partial charge in [-0.25, -0.2) is 9.97 Å². The van der Waals surface area contributed by atoms with E-state index in [9.17, 15) is 4.79 Å². The second-order valence-electron chi connectivity index (χ2n) is 9.12. The average molecular weight is 474 g/mol. The van der Waals surface area contributed by atoms with Crippen LogP contribution in [0.3, 0.4) is 0 Å². The van der Waals surface area contributed by atoms with Gasteiger partial charge < -0.3 is 24.2 Å². The van der Waals surface area contributed by atoms with Crippen molar-refractivity contribution in [3.05, 3.63) is 77.6 Å². The number of hydrogen-bond acceptors (Lipinski definition) is 7. The zero-order valence-electron chi connectivity index (χ0n) is 20.3. The lowest BCUT2D eigenvalue weighted by molar-refractivity contribution is -0.0248. The fraction of sp³-hybridized carbons (Fsp3) is 0.370. The molecule has 0 saturated carbocycles. The molecule has 182 valence electrons. The van der Waals surface area contributed by atoms with Gasteiger partial charge in [-0.2, -0.15) is 0 Å². The molecule has 35 heavy (non-hydrogen) atoms. The maximum Gasteiger partial charge on any atom is 0.254 e. The average Bonchev–Trinajstić information content (AvgIpc) is 2.90. The molecule has 3 aromatic rings. The predicted octanol–water partition coefficient (Wildman–Crippen LogP) is 3.54. The summed E-state index contributed by atoms with van der Waals surface area (Å²) >= 11 is 0. The molecule has 0 radical (unpaired) electrons. The fourth-order valence-electron chi connectivity index (χ4n) is 4.35. The fourth-order valence-corrected chi connectivity index (χ4v) is 4.35. The Kier molecular flexibility index (Phi) is 6.92. The Morgan fingerprint density at radius 2 is 1.83 bits per heavy atom. The van der Waals surface area contributed by atoms with Crippen LogP contribution in [0.15, 0.2) is 60.8 Å². The van der Waals surface area contributed by atoms with Crippen molar-refractivity contribution in [3.8, 4) is 11.6 Å². The molecule has 8 nitrogen and oxygen atoms in total. The van der Waals surface area contributed by atoms with Crippen LogP contribution in [-0.4, -0.2) is 78.6 Å². The lowest BCUT2D eigenvalue weighted by atomic mass is 10.1. The largest absolute Gasteiger partial charge is 0.439 e. The molecule has 0 spiro atoms. The molecule has 2 fully saturated rings. The standard InChI is InChI=1S/C27H31N5O3/c1-20-6-8-22(9-7-20)35-26-5-3-4-23(29-26)24-19-32(16-17-34-24)27(33)21-10-11-28-25(18-21)31-14-12-30(2)13-15-31/h3-11,18,24H,12-17,19H2,1-2H3. The first-order valence-corrected chi connectivity index (χ1v) is 12.1. The highest BCUT2D eigenvalue weighted by Gasteiger charge is 2.28. The van der Waals surface area contributed by atoms with E-state index in [1.165, 1.54) is 5.56 Å². The van der Waals surface area contributed by atoms with Gasteiger partial charge in [0.15, 0.2) is 0 Å². The quantitative estimate of drug-likeness (QED) is 0.561. The number of aryl methyl sites for hydroxylation is 1. The number of rotatable bonds is 5. The van der Waals surface area contributed by atoms with E-state index in [1.54, 1.807) is 12.3 Å². The molecule has 2 aliphatic heterocycles. The van der Waals surface area contributed by atoms with Gasteiger partial charge in [0, 0.05) is 50.6 Å². The van der Waals surface area contributed by atoms with Crippen molar-refractivity contribution in [1.29, 1.82) is 0 Å². The summed E-state index contributed by atoms with van der Waals surface area (Å²) in [5.74, 6) is 2.08. The Labute approximate surface area is 206 Å². The number of hydrogen-bond donors (Lipinski definition) is 0. The molecule has 1 atom stereocenters. The number of carbonyl (C=O) groups excluding carboxylic acids is 1. The van der Waals surface area contributed by atoms with Gasteiger partial charge in [0.05, 0.1) is 18.8 Å². The molecule has 0 N–H and O–H groups in total. The molecule has 2 aliphatic rings. The maximum atomic E-state index is 13.4. The Morgan fingerprint density at radius 1 is 1.03 bits per heavy atom. The van der Waals surface area contributed by atoms with E-state index in [1.807, 2.05) is 60.4 Å². The molecular formula is C27H31N5O3. The van der Waals surface area contributed by atoms with E-state index in [0.717, 1.165) is 43.4 Å². The number of likely N-dealkylation sites (N-methyl/N-ethyl adjacent to an activating group) is 1.